The average Bonchev–Trinajstić information content (AvgIpc) is 3.13. The smallest absolute Gasteiger partial charge is 0.274 e. The summed E-state index contributed by atoms with van der Waals surface area (Å²) in [7, 11) is 1.77. The number of hydrogen-bond acceptors (Lipinski definition) is 3. The van der Waals surface area contributed by atoms with Gasteiger partial charge >= 0.3 is 0 Å². The van der Waals surface area contributed by atoms with Crippen molar-refractivity contribution in [3.05, 3.63) is 78.1 Å². The van der Waals surface area contributed by atoms with Crippen LogP contribution in [-0.2, 0) is 0 Å². The molecule has 0 spiro atoms. The highest BCUT2D eigenvalue weighted by molar-refractivity contribution is 5.92. The molecule has 0 aliphatic carbocycles. The van der Waals surface area contributed by atoms with Crippen LogP contribution in [0.15, 0.2) is 61.1 Å². The van der Waals surface area contributed by atoms with Crippen LogP contribution in [0.3, 0.4) is 0 Å². The van der Waals surface area contributed by atoms with E-state index < -0.39 is 0 Å². The fraction of sp³-hybridized carbons (Fsp3) is 0.211. The van der Waals surface area contributed by atoms with Crippen LogP contribution in [0.1, 0.15) is 35.4 Å². The molecule has 1 amide bonds. The van der Waals surface area contributed by atoms with E-state index in [4.69, 9.17) is 0 Å². The number of halogens is 1. The molecule has 25 heavy (non-hydrogen) atoms. The molecule has 1 aromatic carbocycles. The number of amides is 1. The van der Waals surface area contributed by atoms with Gasteiger partial charge in [-0.15, -0.1) is 0 Å². The maximum Gasteiger partial charge on any atom is 0.274 e. The molecule has 3 rings (SSSR count). The average molecular weight is 338 g/mol. The third-order valence-electron chi connectivity index (χ3n) is 4.16. The predicted molar refractivity (Wildman–Crippen MR) is 92.9 cm³/mol. The Labute approximate surface area is 145 Å². The topological polar surface area (TPSA) is 51.0 Å². The van der Waals surface area contributed by atoms with Crippen molar-refractivity contribution in [2.24, 2.45) is 0 Å². The minimum Gasteiger partial charge on any atom is -0.333 e. The van der Waals surface area contributed by atoms with Crippen molar-refractivity contribution in [2.45, 2.75) is 19.4 Å². The Bertz CT molecular complexity index is 845. The van der Waals surface area contributed by atoms with Crippen molar-refractivity contribution in [3.63, 3.8) is 0 Å². The molecule has 2 aromatic heterocycles. The molecule has 0 saturated carbocycles. The lowest BCUT2D eigenvalue weighted by Crippen LogP contribution is -2.31. The lowest BCUT2D eigenvalue weighted by Gasteiger charge is -2.27. The first kappa shape index (κ1) is 16.8. The second-order valence-corrected chi connectivity index (χ2v) is 5.74. The van der Waals surface area contributed by atoms with Gasteiger partial charge in [0.2, 0.25) is 0 Å². The van der Waals surface area contributed by atoms with Crippen LogP contribution in [-0.4, -0.2) is 32.6 Å². The number of hydrogen-bond donors (Lipinski definition) is 0. The summed E-state index contributed by atoms with van der Waals surface area (Å²) in [6, 6.07) is 11.4. The van der Waals surface area contributed by atoms with Gasteiger partial charge in [0.1, 0.15) is 5.82 Å². The maximum absolute atomic E-state index is 13.0. The number of benzene rings is 1. The molecule has 6 heteroatoms. The summed E-state index contributed by atoms with van der Waals surface area (Å²) in [4.78, 5) is 18.5. The normalized spacial score (nSPS) is 12.0. The number of carbonyl (C=O) groups is 1. The van der Waals surface area contributed by atoms with E-state index in [1.807, 2.05) is 19.1 Å². The molecule has 0 radical (unpaired) electrons. The maximum atomic E-state index is 13.0. The van der Waals surface area contributed by atoms with Crippen molar-refractivity contribution in [2.75, 3.05) is 7.05 Å². The molecule has 0 aliphatic heterocycles. The van der Waals surface area contributed by atoms with E-state index in [-0.39, 0.29) is 17.8 Å². The molecular formula is C19H19FN4O. The SMILES string of the molecule is CC[C@@H](c1ccncc1)N(C)C(=O)c1ccn(-c2ccc(F)cc2)n1. The fourth-order valence-electron chi connectivity index (χ4n) is 2.82. The first-order valence-electron chi connectivity index (χ1n) is 8.09. The van der Waals surface area contributed by atoms with Gasteiger partial charge in [0, 0.05) is 25.6 Å². The van der Waals surface area contributed by atoms with Crippen LogP contribution in [0.4, 0.5) is 4.39 Å². The summed E-state index contributed by atoms with van der Waals surface area (Å²) < 4.78 is 14.6. The highest BCUT2D eigenvalue weighted by Gasteiger charge is 2.23. The van der Waals surface area contributed by atoms with E-state index in [9.17, 15) is 9.18 Å². The summed E-state index contributed by atoms with van der Waals surface area (Å²) in [5.74, 6) is -0.473. The summed E-state index contributed by atoms with van der Waals surface area (Å²) in [5.41, 5.74) is 2.08. The predicted octanol–water partition coefficient (Wildman–Crippen LogP) is 3.63. The van der Waals surface area contributed by atoms with Gasteiger partial charge in [-0.25, -0.2) is 9.07 Å². The molecule has 0 N–H and O–H groups in total. The molecule has 5 nitrogen and oxygen atoms in total. The third kappa shape index (κ3) is 3.57. The Morgan fingerprint density at radius 2 is 1.84 bits per heavy atom. The van der Waals surface area contributed by atoms with E-state index >= 15 is 0 Å². The van der Waals surface area contributed by atoms with Crippen LogP contribution >= 0.6 is 0 Å². The standard InChI is InChI=1S/C19H19FN4O/c1-3-18(14-8-11-21-12-9-14)23(2)19(25)17-10-13-24(22-17)16-6-4-15(20)5-7-16/h4-13,18H,3H2,1-2H3/t18-/m0/s1. The molecular weight excluding hydrogens is 319 g/mol. The Morgan fingerprint density at radius 1 is 1.16 bits per heavy atom. The zero-order valence-corrected chi connectivity index (χ0v) is 14.1. The highest BCUT2D eigenvalue weighted by Crippen LogP contribution is 2.23. The summed E-state index contributed by atoms with van der Waals surface area (Å²) >= 11 is 0. The van der Waals surface area contributed by atoms with Crippen molar-refractivity contribution in [3.8, 4) is 5.69 Å². The zero-order chi connectivity index (χ0) is 17.8. The third-order valence-corrected chi connectivity index (χ3v) is 4.16. The lowest BCUT2D eigenvalue weighted by molar-refractivity contribution is 0.0719. The minimum absolute atomic E-state index is 0.0496. The van der Waals surface area contributed by atoms with Gasteiger partial charge in [-0.2, -0.15) is 5.10 Å². The van der Waals surface area contributed by atoms with Gasteiger partial charge in [0.05, 0.1) is 11.7 Å². The van der Waals surface area contributed by atoms with Crippen LogP contribution < -0.4 is 0 Å². The van der Waals surface area contributed by atoms with E-state index in [1.165, 1.54) is 12.1 Å². The quantitative estimate of drug-likeness (QED) is 0.714. The molecule has 3 aromatic rings. The largest absolute Gasteiger partial charge is 0.333 e. The summed E-state index contributed by atoms with van der Waals surface area (Å²) in [6.45, 7) is 2.03. The van der Waals surface area contributed by atoms with Gasteiger partial charge in [-0.05, 0) is 54.4 Å². The Hall–Kier alpha value is -3.02. The van der Waals surface area contributed by atoms with Gasteiger partial charge in [-0.1, -0.05) is 6.92 Å². The Kier molecular flexibility index (Phi) is 4.88. The van der Waals surface area contributed by atoms with E-state index in [2.05, 4.69) is 10.1 Å². The van der Waals surface area contributed by atoms with Crippen molar-refractivity contribution in [1.82, 2.24) is 19.7 Å². The van der Waals surface area contributed by atoms with Crippen molar-refractivity contribution < 1.29 is 9.18 Å². The molecule has 2 heterocycles. The molecule has 0 saturated heterocycles. The molecule has 128 valence electrons. The first-order chi connectivity index (χ1) is 12.1. The van der Waals surface area contributed by atoms with Gasteiger partial charge in [0.25, 0.3) is 5.91 Å². The van der Waals surface area contributed by atoms with Crippen LogP contribution in [0.5, 0.6) is 0 Å². The highest BCUT2D eigenvalue weighted by atomic mass is 19.1. The molecule has 1 atom stereocenters. The van der Waals surface area contributed by atoms with Crippen molar-refractivity contribution >= 4 is 5.91 Å². The molecule has 0 bridgehead atoms. The molecule has 0 aliphatic rings. The Morgan fingerprint density at radius 3 is 2.48 bits per heavy atom. The second-order valence-electron chi connectivity index (χ2n) is 5.74. The van der Waals surface area contributed by atoms with Crippen LogP contribution in [0, 0.1) is 5.82 Å². The zero-order valence-electron chi connectivity index (χ0n) is 14.1. The van der Waals surface area contributed by atoms with Crippen LogP contribution in [0.25, 0.3) is 5.69 Å². The summed E-state index contributed by atoms with van der Waals surface area (Å²) in [5, 5.41) is 4.33. The number of pyridine rings is 1. The number of nitrogens with zero attached hydrogens (tertiary/aromatic N) is 4. The van der Waals surface area contributed by atoms with Gasteiger partial charge in [0.15, 0.2) is 5.69 Å². The number of carbonyl (C=O) groups excluding carboxylic acids is 1. The van der Waals surface area contributed by atoms with Gasteiger partial charge in [-0.3, -0.25) is 9.78 Å². The number of rotatable bonds is 5. The van der Waals surface area contributed by atoms with E-state index in [0.717, 1.165) is 12.0 Å². The second kappa shape index (κ2) is 7.25. The van der Waals surface area contributed by atoms with Crippen LogP contribution in [0.2, 0.25) is 0 Å². The van der Waals surface area contributed by atoms with E-state index in [0.29, 0.717) is 11.4 Å². The molecule has 0 unspecified atom stereocenters. The minimum atomic E-state index is -0.310. The molecule has 0 fully saturated rings. The fourth-order valence-corrected chi connectivity index (χ4v) is 2.82. The van der Waals surface area contributed by atoms with Gasteiger partial charge < -0.3 is 4.90 Å². The van der Waals surface area contributed by atoms with E-state index in [1.54, 1.807) is 53.4 Å². The number of aromatic nitrogens is 3. The van der Waals surface area contributed by atoms with Crippen molar-refractivity contribution in [1.29, 1.82) is 0 Å². The Balaban J connectivity index is 1.82. The first-order valence-corrected chi connectivity index (χ1v) is 8.09. The summed E-state index contributed by atoms with van der Waals surface area (Å²) in [6.07, 6.45) is 5.92. The monoisotopic (exact) mass is 338 g/mol. The lowest BCUT2D eigenvalue weighted by atomic mass is 10.0.